The number of aromatic nitrogens is 1. The standard InChI is InChI=1S/C27H29ClN4O5/c1-3-36-22-17-21(31-27(35)18-10-5-6-11-19(18)28)23(37-4-2)16-20(22)30-25(33)13-9-14-26(34)32-24-12-7-8-15-29-24/h5-8,10-12,15-17H,3-4,9,13-14H2,1-2H3,(H,30,33)(H,31,35)(H,29,32,34). The molecule has 0 unspecified atom stereocenters. The summed E-state index contributed by atoms with van der Waals surface area (Å²) in [5.74, 6) is 0.261. The topological polar surface area (TPSA) is 119 Å². The van der Waals surface area contributed by atoms with Gasteiger partial charge in [0.25, 0.3) is 5.91 Å². The Morgan fingerprint density at radius 2 is 1.41 bits per heavy atom. The molecule has 0 radical (unpaired) electrons. The van der Waals surface area contributed by atoms with E-state index in [0.29, 0.717) is 58.9 Å². The number of carbonyl (C=O) groups is 3. The predicted molar refractivity (Wildman–Crippen MR) is 144 cm³/mol. The largest absolute Gasteiger partial charge is 0.492 e. The van der Waals surface area contributed by atoms with Crippen LogP contribution in [0.1, 0.15) is 43.5 Å². The highest BCUT2D eigenvalue weighted by atomic mass is 35.5. The summed E-state index contributed by atoms with van der Waals surface area (Å²) in [4.78, 5) is 41.6. The van der Waals surface area contributed by atoms with Crippen LogP contribution in [0.25, 0.3) is 0 Å². The van der Waals surface area contributed by atoms with Crippen molar-refractivity contribution < 1.29 is 23.9 Å². The van der Waals surface area contributed by atoms with Crippen molar-refractivity contribution in [1.29, 1.82) is 0 Å². The molecule has 9 nitrogen and oxygen atoms in total. The van der Waals surface area contributed by atoms with Crippen LogP contribution in [0.3, 0.4) is 0 Å². The van der Waals surface area contributed by atoms with Crippen LogP contribution in [-0.4, -0.2) is 35.9 Å². The lowest BCUT2D eigenvalue weighted by molar-refractivity contribution is -0.117. The van der Waals surface area contributed by atoms with E-state index in [4.69, 9.17) is 21.1 Å². The summed E-state index contributed by atoms with van der Waals surface area (Å²) >= 11 is 6.16. The summed E-state index contributed by atoms with van der Waals surface area (Å²) in [6.07, 6.45) is 2.22. The van der Waals surface area contributed by atoms with Gasteiger partial charge in [-0.3, -0.25) is 14.4 Å². The fourth-order valence-corrected chi connectivity index (χ4v) is 3.63. The number of rotatable bonds is 12. The van der Waals surface area contributed by atoms with Gasteiger partial charge in [-0.05, 0) is 44.5 Å². The summed E-state index contributed by atoms with van der Waals surface area (Å²) in [5, 5.41) is 8.63. The van der Waals surface area contributed by atoms with Gasteiger partial charge in [-0.25, -0.2) is 4.98 Å². The van der Waals surface area contributed by atoms with Crippen molar-refractivity contribution in [2.45, 2.75) is 33.1 Å². The lowest BCUT2D eigenvalue weighted by Gasteiger charge is -2.18. The minimum Gasteiger partial charge on any atom is -0.492 e. The molecule has 194 valence electrons. The Kier molecular flexibility index (Phi) is 10.3. The maximum atomic E-state index is 12.8. The van der Waals surface area contributed by atoms with E-state index < -0.39 is 5.91 Å². The molecule has 0 saturated heterocycles. The van der Waals surface area contributed by atoms with Gasteiger partial charge in [0.05, 0.1) is 35.2 Å². The van der Waals surface area contributed by atoms with Crippen molar-refractivity contribution in [2.24, 2.45) is 0 Å². The molecule has 1 aromatic heterocycles. The van der Waals surface area contributed by atoms with Crippen LogP contribution in [0.4, 0.5) is 17.2 Å². The molecule has 3 amide bonds. The van der Waals surface area contributed by atoms with Crippen molar-refractivity contribution in [2.75, 3.05) is 29.2 Å². The molecule has 3 aromatic rings. The van der Waals surface area contributed by atoms with E-state index in [9.17, 15) is 14.4 Å². The van der Waals surface area contributed by atoms with E-state index in [1.165, 1.54) is 0 Å². The molecule has 0 saturated carbocycles. The van der Waals surface area contributed by atoms with E-state index in [1.54, 1.807) is 60.8 Å². The van der Waals surface area contributed by atoms with Crippen molar-refractivity contribution in [3.05, 3.63) is 71.4 Å². The van der Waals surface area contributed by atoms with Gasteiger partial charge in [0, 0.05) is 31.2 Å². The Labute approximate surface area is 220 Å². The van der Waals surface area contributed by atoms with Gasteiger partial charge in [0.15, 0.2) is 0 Å². The number of hydrogen-bond donors (Lipinski definition) is 3. The van der Waals surface area contributed by atoms with E-state index in [2.05, 4.69) is 20.9 Å². The SMILES string of the molecule is CCOc1cc(NC(=O)c2ccccc2Cl)c(OCC)cc1NC(=O)CCCC(=O)Nc1ccccn1. The quantitative estimate of drug-likeness (QED) is 0.286. The summed E-state index contributed by atoms with van der Waals surface area (Å²) in [7, 11) is 0. The summed E-state index contributed by atoms with van der Waals surface area (Å²) in [5.41, 5.74) is 1.08. The Morgan fingerprint density at radius 1 is 0.811 bits per heavy atom. The van der Waals surface area contributed by atoms with Gasteiger partial charge in [-0.2, -0.15) is 0 Å². The third-order valence-corrected chi connectivity index (χ3v) is 5.39. The first kappa shape index (κ1) is 27.5. The third-order valence-electron chi connectivity index (χ3n) is 5.06. The first-order valence-corrected chi connectivity index (χ1v) is 12.3. The van der Waals surface area contributed by atoms with Gasteiger partial charge >= 0.3 is 0 Å². The van der Waals surface area contributed by atoms with Crippen LogP contribution in [0, 0.1) is 0 Å². The maximum absolute atomic E-state index is 12.8. The van der Waals surface area contributed by atoms with Gasteiger partial charge in [0.2, 0.25) is 11.8 Å². The van der Waals surface area contributed by atoms with Crippen LogP contribution >= 0.6 is 11.6 Å². The second-order valence-corrected chi connectivity index (χ2v) is 8.22. The van der Waals surface area contributed by atoms with E-state index in [-0.39, 0.29) is 24.7 Å². The first-order valence-electron chi connectivity index (χ1n) is 11.9. The van der Waals surface area contributed by atoms with Crippen LogP contribution in [-0.2, 0) is 9.59 Å². The summed E-state index contributed by atoms with van der Waals surface area (Å²) in [6, 6.07) is 15.1. The first-order chi connectivity index (χ1) is 17.9. The Morgan fingerprint density at radius 3 is 2.00 bits per heavy atom. The molecule has 0 spiro atoms. The molecule has 3 rings (SSSR count). The fraction of sp³-hybridized carbons (Fsp3) is 0.259. The van der Waals surface area contributed by atoms with E-state index in [0.717, 1.165) is 0 Å². The Balaban J connectivity index is 1.68. The molecule has 2 aromatic carbocycles. The number of benzene rings is 2. The minimum absolute atomic E-state index is 0.121. The zero-order chi connectivity index (χ0) is 26.6. The smallest absolute Gasteiger partial charge is 0.257 e. The molecule has 0 aliphatic carbocycles. The van der Waals surface area contributed by atoms with E-state index >= 15 is 0 Å². The zero-order valence-corrected chi connectivity index (χ0v) is 21.4. The van der Waals surface area contributed by atoms with Crippen LogP contribution in [0.15, 0.2) is 60.8 Å². The second kappa shape index (κ2) is 13.8. The number of anilines is 3. The highest BCUT2D eigenvalue weighted by molar-refractivity contribution is 6.34. The average molecular weight is 525 g/mol. The fourth-order valence-electron chi connectivity index (χ4n) is 3.40. The van der Waals surface area contributed by atoms with Crippen molar-refractivity contribution in [3.63, 3.8) is 0 Å². The van der Waals surface area contributed by atoms with Gasteiger partial charge < -0.3 is 25.4 Å². The second-order valence-electron chi connectivity index (χ2n) is 7.81. The molecule has 0 bridgehead atoms. The highest BCUT2D eigenvalue weighted by Gasteiger charge is 2.18. The Bertz CT molecular complexity index is 1240. The number of amides is 3. The van der Waals surface area contributed by atoms with Crippen molar-refractivity contribution in [3.8, 4) is 11.5 Å². The van der Waals surface area contributed by atoms with Crippen molar-refractivity contribution in [1.82, 2.24) is 4.98 Å². The molecule has 3 N–H and O–H groups in total. The normalized spacial score (nSPS) is 10.4. The molecule has 0 aliphatic heterocycles. The molecule has 37 heavy (non-hydrogen) atoms. The average Bonchev–Trinajstić information content (AvgIpc) is 2.87. The van der Waals surface area contributed by atoms with Gasteiger partial charge in [-0.15, -0.1) is 0 Å². The molecular formula is C27H29ClN4O5. The summed E-state index contributed by atoms with van der Waals surface area (Å²) in [6.45, 7) is 4.29. The van der Waals surface area contributed by atoms with Crippen LogP contribution in [0.2, 0.25) is 5.02 Å². The number of halogens is 1. The minimum atomic E-state index is -0.408. The zero-order valence-electron chi connectivity index (χ0n) is 20.7. The maximum Gasteiger partial charge on any atom is 0.257 e. The molecule has 0 atom stereocenters. The number of carbonyl (C=O) groups excluding carboxylic acids is 3. The monoisotopic (exact) mass is 524 g/mol. The Hall–Kier alpha value is -4.11. The molecule has 1 heterocycles. The van der Waals surface area contributed by atoms with Crippen molar-refractivity contribution >= 4 is 46.5 Å². The summed E-state index contributed by atoms with van der Waals surface area (Å²) < 4.78 is 11.4. The van der Waals surface area contributed by atoms with E-state index in [1.807, 2.05) is 13.8 Å². The lowest BCUT2D eigenvalue weighted by Crippen LogP contribution is -2.17. The van der Waals surface area contributed by atoms with Gasteiger partial charge in [0.1, 0.15) is 17.3 Å². The predicted octanol–water partition coefficient (Wildman–Crippen LogP) is 5.53. The number of ether oxygens (including phenoxy) is 2. The lowest BCUT2D eigenvalue weighted by atomic mass is 10.1. The van der Waals surface area contributed by atoms with Gasteiger partial charge in [-0.1, -0.05) is 29.8 Å². The highest BCUT2D eigenvalue weighted by Crippen LogP contribution is 2.37. The number of pyridine rings is 1. The van der Waals surface area contributed by atoms with Crippen LogP contribution in [0.5, 0.6) is 11.5 Å². The number of nitrogens with zero attached hydrogens (tertiary/aromatic N) is 1. The number of hydrogen-bond acceptors (Lipinski definition) is 6. The molecule has 10 heteroatoms. The number of nitrogens with one attached hydrogen (secondary N) is 3. The molecular weight excluding hydrogens is 496 g/mol. The molecule has 0 aliphatic rings. The molecule has 0 fully saturated rings. The third kappa shape index (κ3) is 8.22. The van der Waals surface area contributed by atoms with Crippen LogP contribution < -0.4 is 25.4 Å².